The van der Waals surface area contributed by atoms with Crippen molar-refractivity contribution in [3.63, 3.8) is 0 Å². The fourth-order valence-corrected chi connectivity index (χ4v) is 4.03. The number of H-pyrrole nitrogens is 1. The number of piperazine rings is 1. The quantitative estimate of drug-likeness (QED) is 0.324. The second kappa shape index (κ2) is 12.9. The highest BCUT2D eigenvalue weighted by Crippen LogP contribution is 2.19. The monoisotopic (exact) mass is 543 g/mol. The van der Waals surface area contributed by atoms with E-state index in [1.165, 1.54) is 0 Å². The number of hydrazone groups is 1. The number of nitrogens with one attached hydrogen (secondary N) is 2. The number of ether oxygens (including phenoxy) is 2. The van der Waals surface area contributed by atoms with Crippen molar-refractivity contribution in [2.45, 2.75) is 26.4 Å². The van der Waals surface area contributed by atoms with E-state index in [1.807, 2.05) is 69.3 Å². The number of aromatic nitrogens is 2. The predicted octanol–water partition coefficient (Wildman–Crippen LogP) is 3.69. The van der Waals surface area contributed by atoms with Gasteiger partial charge in [0.15, 0.2) is 0 Å². The first-order valence-corrected chi connectivity index (χ1v) is 13.0. The molecule has 11 heteroatoms. The van der Waals surface area contributed by atoms with Gasteiger partial charge in [-0.15, -0.1) is 0 Å². The third-order valence-electron chi connectivity index (χ3n) is 6.04. The van der Waals surface area contributed by atoms with Crippen molar-refractivity contribution in [2.24, 2.45) is 5.10 Å². The fraction of sp³-hybridized carbons (Fsp3) is 0.345. The van der Waals surface area contributed by atoms with Gasteiger partial charge in [-0.05, 0) is 50.6 Å². The summed E-state index contributed by atoms with van der Waals surface area (Å²) in [5.41, 5.74) is 3.41. The highest BCUT2D eigenvalue weighted by molar-refractivity contribution is 5.80. The Labute approximate surface area is 233 Å². The molecule has 1 saturated heterocycles. The van der Waals surface area contributed by atoms with E-state index in [0.717, 1.165) is 30.9 Å². The van der Waals surface area contributed by atoms with Crippen molar-refractivity contribution in [1.82, 2.24) is 19.8 Å². The van der Waals surface area contributed by atoms with Crippen LogP contribution in [0, 0.1) is 11.3 Å². The van der Waals surface area contributed by atoms with E-state index in [2.05, 4.69) is 25.4 Å². The van der Waals surface area contributed by atoms with Gasteiger partial charge in [0.1, 0.15) is 29.6 Å². The third-order valence-corrected chi connectivity index (χ3v) is 6.04. The molecule has 2 aromatic carbocycles. The normalized spacial score (nSPS) is 14.1. The second-order valence-corrected chi connectivity index (χ2v) is 10.2. The summed E-state index contributed by atoms with van der Waals surface area (Å²) in [5, 5.41) is 13.5. The Hall–Kier alpha value is -4.69. The standard InChI is InChI=1S/C29H33N7O4/c1-29(2,3)40-28(38)36-15-13-35(14-16-36)17-18-39-23-11-9-21(10-12-23)20-31-34-27-32-25(22-7-5-4-6-8-22)24(19-30)26(37)33-27/h4-12,20H,13-18H2,1-3H3,(H2,32,33,34,37). The first-order chi connectivity index (χ1) is 19.2. The molecule has 1 fully saturated rings. The molecule has 0 spiro atoms. The van der Waals surface area contributed by atoms with E-state index in [-0.39, 0.29) is 23.3 Å². The summed E-state index contributed by atoms with van der Waals surface area (Å²) in [4.78, 5) is 35.5. The number of carbonyl (C=O) groups excluding carboxylic acids is 1. The molecule has 1 aliphatic rings. The van der Waals surface area contributed by atoms with Gasteiger partial charge >= 0.3 is 6.09 Å². The zero-order valence-corrected chi connectivity index (χ0v) is 22.9. The summed E-state index contributed by atoms with van der Waals surface area (Å²) < 4.78 is 11.3. The SMILES string of the molecule is CC(C)(C)OC(=O)N1CCN(CCOc2ccc(C=NNc3nc(-c4ccccc4)c(C#N)c(=O)[nH]3)cc2)CC1. The minimum Gasteiger partial charge on any atom is -0.492 e. The molecule has 3 aromatic rings. The predicted molar refractivity (Wildman–Crippen MR) is 152 cm³/mol. The zero-order chi connectivity index (χ0) is 28.5. The van der Waals surface area contributed by atoms with Gasteiger partial charge in [-0.3, -0.25) is 14.7 Å². The highest BCUT2D eigenvalue weighted by Gasteiger charge is 2.25. The summed E-state index contributed by atoms with van der Waals surface area (Å²) >= 11 is 0. The van der Waals surface area contributed by atoms with Crippen molar-refractivity contribution in [3.05, 3.63) is 76.1 Å². The molecule has 1 amide bonds. The van der Waals surface area contributed by atoms with Gasteiger partial charge in [-0.1, -0.05) is 30.3 Å². The molecule has 2 N–H and O–H groups in total. The Morgan fingerprint density at radius 3 is 2.48 bits per heavy atom. The van der Waals surface area contributed by atoms with Crippen molar-refractivity contribution in [3.8, 4) is 23.1 Å². The van der Waals surface area contributed by atoms with Crippen LogP contribution in [0.4, 0.5) is 10.7 Å². The summed E-state index contributed by atoms with van der Waals surface area (Å²) in [7, 11) is 0. The van der Waals surface area contributed by atoms with Crippen molar-refractivity contribution in [1.29, 1.82) is 5.26 Å². The second-order valence-electron chi connectivity index (χ2n) is 10.2. The minimum absolute atomic E-state index is 0.0561. The molecule has 4 rings (SSSR count). The lowest BCUT2D eigenvalue weighted by molar-refractivity contribution is 0.0137. The lowest BCUT2D eigenvalue weighted by atomic mass is 10.1. The summed E-state index contributed by atoms with van der Waals surface area (Å²) in [5.74, 6) is 0.870. The van der Waals surface area contributed by atoms with Gasteiger partial charge in [-0.2, -0.15) is 10.4 Å². The summed E-state index contributed by atoms with van der Waals surface area (Å²) in [6.45, 7) is 9.72. The number of amides is 1. The number of anilines is 1. The van der Waals surface area contributed by atoms with Crippen LogP contribution in [0.15, 0.2) is 64.5 Å². The Bertz CT molecular complexity index is 1420. The number of nitrogens with zero attached hydrogens (tertiary/aromatic N) is 5. The number of benzene rings is 2. The van der Waals surface area contributed by atoms with Crippen LogP contribution in [0.3, 0.4) is 0 Å². The Kier molecular flexibility index (Phi) is 9.14. The lowest BCUT2D eigenvalue weighted by Gasteiger charge is -2.35. The Balaban J connectivity index is 1.24. The zero-order valence-electron chi connectivity index (χ0n) is 22.9. The third kappa shape index (κ3) is 7.91. The molecule has 0 saturated carbocycles. The maximum Gasteiger partial charge on any atom is 0.410 e. The van der Waals surface area contributed by atoms with Crippen molar-refractivity contribution < 1.29 is 14.3 Å². The van der Waals surface area contributed by atoms with E-state index in [9.17, 15) is 14.9 Å². The molecule has 208 valence electrons. The van der Waals surface area contributed by atoms with Crippen LogP contribution in [0.5, 0.6) is 5.75 Å². The van der Waals surface area contributed by atoms with Crippen LogP contribution in [-0.4, -0.2) is 77.0 Å². The molecule has 40 heavy (non-hydrogen) atoms. The van der Waals surface area contributed by atoms with Gasteiger partial charge in [0.2, 0.25) is 5.95 Å². The van der Waals surface area contributed by atoms with E-state index >= 15 is 0 Å². The molecular weight excluding hydrogens is 510 g/mol. The molecule has 0 atom stereocenters. The van der Waals surface area contributed by atoms with Crippen molar-refractivity contribution in [2.75, 3.05) is 44.8 Å². The number of rotatable bonds is 8. The minimum atomic E-state index is -0.541. The number of nitriles is 1. The van der Waals surface area contributed by atoms with Crippen LogP contribution in [-0.2, 0) is 4.74 Å². The average molecular weight is 544 g/mol. The molecule has 2 heterocycles. The van der Waals surface area contributed by atoms with Gasteiger partial charge in [0.05, 0.1) is 11.9 Å². The van der Waals surface area contributed by atoms with E-state index in [4.69, 9.17) is 9.47 Å². The smallest absolute Gasteiger partial charge is 0.410 e. The Morgan fingerprint density at radius 2 is 1.82 bits per heavy atom. The molecular formula is C29H33N7O4. The van der Waals surface area contributed by atoms with Crippen LogP contribution < -0.4 is 15.7 Å². The largest absolute Gasteiger partial charge is 0.492 e. The van der Waals surface area contributed by atoms with Crippen LogP contribution in [0.2, 0.25) is 0 Å². The highest BCUT2D eigenvalue weighted by atomic mass is 16.6. The number of carbonyl (C=O) groups is 1. The fourth-order valence-electron chi connectivity index (χ4n) is 4.03. The van der Waals surface area contributed by atoms with E-state index in [0.29, 0.717) is 25.3 Å². The van der Waals surface area contributed by atoms with E-state index in [1.54, 1.807) is 23.2 Å². The summed E-state index contributed by atoms with van der Waals surface area (Å²) in [6.07, 6.45) is 1.33. The maximum atomic E-state index is 12.4. The first kappa shape index (κ1) is 28.3. The first-order valence-electron chi connectivity index (χ1n) is 13.0. The van der Waals surface area contributed by atoms with Gasteiger partial charge in [-0.25, -0.2) is 15.2 Å². The average Bonchev–Trinajstić information content (AvgIpc) is 2.93. The molecule has 1 aliphatic heterocycles. The lowest BCUT2D eigenvalue weighted by Crippen LogP contribution is -2.50. The summed E-state index contributed by atoms with van der Waals surface area (Å²) in [6, 6.07) is 18.4. The van der Waals surface area contributed by atoms with E-state index < -0.39 is 11.2 Å². The number of aromatic amines is 1. The number of hydrogen-bond donors (Lipinski definition) is 2. The van der Waals surface area contributed by atoms with Crippen LogP contribution >= 0.6 is 0 Å². The molecule has 1 aromatic heterocycles. The topological polar surface area (TPSA) is 136 Å². The number of hydrogen-bond acceptors (Lipinski definition) is 9. The molecule has 11 nitrogen and oxygen atoms in total. The molecule has 0 aliphatic carbocycles. The molecule has 0 unspecified atom stereocenters. The van der Waals surface area contributed by atoms with Gasteiger partial charge in [0, 0.05) is 38.3 Å². The maximum absolute atomic E-state index is 12.4. The Morgan fingerprint density at radius 1 is 1.12 bits per heavy atom. The van der Waals surface area contributed by atoms with Gasteiger partial charge < -0.3 is 14.4 Å². The van der Waals surface area contributed by atoms with Crippen LogP contribution in [0.1, 0.15) is 31.9 Å². The molecule has 0 bridgehead atoms. The van der Waals surface area contributed by atoms with Crippen molar-refractivity contribution >= 4 is 18.3 Å². The van der Waals surface area contributed by atoms with Crippen LogP contribution in [0.25, 0.3) is 11.3 Å². The van der Waals surface area contributed by atoms with Gasteiger partial charge in [0.25, 0.3) is 5.56 Å². The molecule has 0 radical (unpaired) electrons.